The average Bonchev–Trinajstić information content (AvgIpc) is 3.37. The van der Waals surface area contributed by atoms with Crippen molar-refractivity contribution in [3.05, 3.63) is 138 Å². The topological polar surface area (TPSA) is 91.4 Å². The molecule has 2 heterocycles. The van der Waals surface area contributed by atoms with Crippen LogP contribution in [0.3, 0.4) is 0 Å². The van der Waals surface area contributed by atoms with E-state index in [1.807, 2.05) is 66.9 Å². The summed E-state index contributed by atoms with van der Waals surface area (Å²) in [6.45, 7) is 0. The Morgan fingerprint density at radius 2 is 1.51 bits per heavy atom. The number of hydrogen-bond acceptors (Lipinski definition) is 5. The molecule has 6 aromatic rings. The van der Waals surface area contributed by atoms with E-state index in [9.17, 15) is 10.5 Å². The zero-order valence-electron chi connectivity index (χ0n) is 21.9. The molecule has 0 fully saturated rings. The smallest absolute Gasteiger partial charge is 0.0992 e. The predicted molar refractivity (Wildman–Crippen MR) is 169 cm³/mol. The fourth-order valence-electron chi connectivity index (χ4n) is 5.28. The first kappa shape index (κ1) is 25.7. The number of hydrogen-bond donors (Lipinski definition) is 2. The second-order valence-corrected chi connectivity index (χ2v) is 9.85. The molecule has 2 N–H and O–H groups in total. The molecule has 0 radical (unpaired) electrons. The molecule has 0 bridgehead atoms. The van der Waals surface area contributed by atoms with Gasteiger partial charge in [-0.25, -0.2) is 0 Å². The van der Waals surface area contributed by atoms with E-state index in [-0.39, 0.29) is 0 Å². The Balaban J connectivity index is 1.62. The lowest BCUT2D eigenvalue weighted by Crippen LogP contribution is -1.97. The first-order valence-electron chi connectivity index (χ1n) is 12.9. The zero-order chi connectivity index (χ0) is 28.3. The summed E-state index contributed by atoms with van der Waals surface area (Å²) in [4.78, 5) is 4.31. The molecule has 6 rings (SSSR count). The van der Waals surface area contributed by atoms with E-state index in [4.69, 9.17) is 5.73 Å². The second-order valence-electron chi connectivity index (χ2n) is 9.56. The molecule has 0 amide bonds. The van der Waals surface area contributed by atoms with Crippen molar-refractivity contribution in [2.24, 2.45) is 5.73 Å². The van der Waals surface area contributed by atoms with Gasteiger partial charge in [0.05, 0.1) is 34.3 Å². The first-order valence-corrected chi connectivity index (χ1v) is 13.4. The van der Waals surface area contributed by atoms with Crippen molar-refractivity contribution in [2.75, 3.05) is 0 Å². The molecule has 0 aliphatic carbocycles. The van der Waals surface area contributed by atoms with Crippen molar-refractivity contribution in [1.82, 2.24) is 9.55 Å². The van der Waals surface area contributed by atoms with E-state index >= 15 is 0 Å². The van der Waals surface area contributed by atoms with Crippen LogP contribution in [-0.2, 0) is 0 Å². The van der Waals surface area contributed by atoms with Crippen molar-refractivity contribution in [3.8, 4) is 40.1 Å². The summed E-state index contributed by atoms with van der Waals surface area (Å²) in [5.74, 6) is 0. The Morgan fingerprint density at radius 1 is 0.756 bits per heavy atom. The summed E-state index contributed by atoms with van der Waals surface area (Å²) in [5.41, 5.74) is 15.4. The lowest BCUT2D eigenvalue weighted by molar-refractivity contribution is 1.18. The van der Waals surface area contributed by atoms with Crippen molar-refractivity contribution in [1.29, 1.82) is 10.5 Å². The molecule has 0 saturated carbocycles. The van der Waals surface area contributed by atoms with Crippen LogP contribution in [0.25, 0.3) is 55.3 Å². The highest BCUT2D eigenvalue weighted by Gasteiger charge is 2.15. The van der Waals surface area contributed by atoms with Crippen molar-refractivity contribution in [2.45, 2.75) is 0 Å². The van der Waals surface area contributed by atoms with E-state index in [1.165, 1.54) is 0 Å². The molecule has 194 valence electrons. The number of rotatable bonds is 5. The highest BCUT2D eigenvalue weighted by atomic mass is 32.1. The van der Waals surface area contributed by atoms with E-state index in [2.05, 4.69) is 70.7 Å². The molecule has 0 spiro atoms. The van der Waals surface area contributed by atoms with E-state index in [0.717, 1.165) is 60.9 Å². The van der Waals surface area contributed by atoms with Gasteiger partial charge in [-0.3, -0.25) is 4.98 Å². The lowest BCUT2D eigenvalue weighted by atomic mass is 9.93. The number of thiol groups is 1. The molecule has 0 saturated heterocycles. The minimum Gasteiger partial charge on any atom is -0.404 e. The minimum absolute atomic E-state index is 0.537. The maximum Gasteiger partial charge on any atom is 0.0992 e. The van der Waals surface area contributed by atoms with Crippen molar-refractivity contribution < 1.29 is 0 Å². The summed E-state index contributed by atoms with van der Waals surface area (Å²) in [6.07, 6.45) is 6.98. The monoisotopic (exact) mass is 545 g/mol. The summed E-state index contributed by atoms with van der Waals surface area (Å²) in [6, 6.07) is 34.5. The third kappa shape index (κ3) is 4.74. The van der Waals surface area contributed by atoms with Crippen LogP contribution in [0.2, 0.25) is 0 Å². The third-order valence-electron chi connectivity index (χ3n) is 7.13. The SMILES string of the molecule is N#Cc1cc(-c2cc(C(/C=C\S)=C/N)cc(-c3cccnc3)c2)cc(-n2c3ccccc3c3cc(C#N)ccc32)c1. The van der Waals surface area contributed by atoms with Crippen LogP contribution in [0.1, 0.15) is 16.7 Å². The number of allylic oxidation sites excluding steroid dienone is 2. The van der Waals surface area contributed by atoms with E-state index in [0.29, 0.717) is 11.1 Å². The molecule has 5 nitrogen and oxygen atoms in total. The fourth-order valence-corrected chi connectivity index (χ4v) is 5.44. The number of pyridine rings is 1. The molecule has 4 aromatic carbocycles. The van der Waals surface area contributed by atoms with Gasteiger partial charge in [0.15, 0.2) is 0 Å². The van der Waals surface area contributed by atoms with Crippen LogP contribution in [-0.4, -0.2) is 9.55 Å². The lowest BCUT2D eigenvalue weighted by Gasteiger charge is -2.14. The van der Waals surface area contributed by atoms with Gasteiger partial charge in [-0.05, 0) is 106 Å². The van der Waals surface area contributed by atoms with Gasteiger partial charge >= 0.3 is 0 Å². The summed E-state index contributed by atoms with van der Waals surface area (Å²) in [5, 5.41) is 23.3. The van der Waals surface area contributed by atoms with Crippen LogP contribution >= 0.6 is 12.6 Å². The number of nitrogens with zero attached hydrogens (tertiary/aromatic N) is 4. The van der Waals surface area contributed by atoms with Crippen LogP contribution < -0.4 is 5.73 Å². The predicted octanol–water partition coefficient (Wildman–Crippen LogP) is 8.00. The quantitative estimate of drug-likeness (QED) is 0.170. The first-order chi connectivity index (χ1) is 20.1. The molecule has 0 atom stereocenters. The van der Waals surface area contributed by atoms with Crippen molar-refractivity contribution in [3.63, 3.8) is 0 Å². The van der Waals surface area contributed by atoms with E-state index < -0.39 is 0 Å². The van der Waals surface area contributed by atoms with Gasteiger partial charge in [0.25, 0.3) is 0 Å². The number of para-hydroxylation sites is 1. The molecule has 2 aromatic heterocycles. The standard InChI is InChI=1S/C35H23N5S/c36-19-23-7-8-35-33(14-23)32-5-1-2-6-34(32)40(35)31-13-24(20-37)12-27(18-31)30-16-28(25(21-38)9-11-41)15-29(17-30)26-4-3-10-39-22-26/h1-18,21-22,41H,38H2/b11-9-,25-21+. The Kier molecular flexibility index (Phi) is 6.83. The molecule has 0 unspecified atom stereocenters. The van der Waals surface area contributed by atoms with Crippen LogP contribution in [0.5, 0.6) is 0 Å². The Hall–Kier alpha value is -5.56. The van der Waals surface area contributed by atoms with Gasteiger partial charge < -0.3 is 10.3 Å². The second kappa shape index (κ2) is 10.9. The molecular formula is C35H23N5S. The molecule has 6 heteroatoms. The molecule has 0 aliphatic rings. The summed E-state index contributed by atoms with van der Waals surface area (Å²) >= 11 is 4.26. The number of nitrogens with two attached hydrogens (primary N) is 1. The molecular weight excluding hydrogens is 522 g/mol. The molecule has 0 aliphatic heterocycles. The van der Waals surface area contributed by atoms with Gasteiger partial charge in [-0.15, -0.1) is 0 Å². The molecule has 41 heavy (non-hydrogen) atoms. The van der Waals surface area contributed by atoms with Gasteiger partial charge in [-0.1, -0.05) is 24.3 Å². The van der Waals surface area contributed by atoms with Crippen LogP contribution in [0.4, 0.5) is 0 Å². The maximum atomic E-state index is 10.1. The highest BCUT2D eigenvalue weighted by Crippen LogP contribution is 2.36. The van der Waals surface area contributed by atoms with Crippen LogP contribution in [0, 0.1) is 22.7 Å². The van der Waals surface area contributed by atoms with Gasteiger partial charge in [-0.2, -0.15) is 23.2 Å². The van der Waals surface area contributed by atoms with Crippen LogP contribution in [0.15, 0.2) is 121 Å². The van der Waals surface area contributed by atoms with Gasteiger partial charge in [0, 0.05) is 40.6 Å². The Bertz CT molecular complexity index is 2090. The highest BCUT2D eigenvalue weighted by molar-refractivity contribution is 7.83. The third-order valence-corrected chi connectivity index (χ3v) is 7.28. The zero-order valence-corrected chi connectivity index (χ0v) is 22.8. The average molecular weight is 546 g/mol. The summed E-state index contributed by atoms with van der Waals surface area (Å²) < 4.78 is 2.15. The fraction of sp³-hybridized carbons (Fsp3) is 0. The summed E-state index contributed by atoms with van der Waals surface area (Å²) in [7, 11) is 0. The minimum atomic E-state index is 0.537. The normalized spacial score (nSPS) is 11.6. The Morgan fingerprint density at radius 3 is 2.24 bits per heavy atom. The number of aromatic nitrogens is 2. The number of fused-ring (bicyclic) bond motifs is 3. The largest absolute Gasteiger partial charge is 0.404 e. The van der Waals surface area contributed by atoms with Crippen molar-refractivity contribution >= 4 is 40.0 Å². The van der Waals surface area contributed by atoms with E-state index in [1.54, 1.807) is 17.8 Å². The van der Waals surface area contributed by atoms with Gasteiger partial charge in [0.1, 0.15) is 0 Å². The number of nitriles is 2. The van der Waals surface area contributed by atoms with Gasteiger partial charge in [0.2, 0.25) is 0 Å². The number of benzene rings is 4. The maximum absolute atomic E-state index is 10.1. The Labute approximate surface area is 243 Å².